The molecule has 0 amide bonds. The topological polar surface area (TPSA) is 40.5 Å². The number of aliphatic carboxylic acids is 1. The Morgan fingerprint density at radius 2 is 1.67 bits per heavy atom. The van der Waals surface area contributed by atoms with Crippen molar-refractivity contribution < 1.29 is 9.90 Å². The molecule has 0 aromatic heterocycles. The fraction of sp³-hybridized carbons (Fsp3) is 0.889. The molecule has 0 aliphatic heterocycles. The van der Waals surface area contributed by atoms with Crippen LogP contribution in [0.15, 0.2) is 0 Å². The summed E-state index contributed by atoms with van der Waals surface area (Å²) in [5, 5.41) is 8.50. The molecule has 0 bridgehead atoms. The van der Waals surface area contributed by atoms with E-state index < -0.39 is 5.97 Å². The zero-order valence-electron chi connectivity index (χ0n) is 8.37. The van der Waals surface area contributed by atoms with Crippen molar-refractivity contribution in [3.05, 3.63) is 0 Å². The molecule has 3 nitrogen and oxygen atoms in total. The predicted molar refractivity (Wildman–Crippen MR) is 49.2 cm³/mol. The number of carboxylic acid groups (broad SMARTS) is 1. The van der Waals surface area contributed by atoms with Crippen LogP contribution in [-0.2, 0) is 4.79 Å². The molecule has 12 heavy (non-hydrogen) atoms. The Morgan fingerprint density at radius 3 is 1.92 bits per heavy atom. The first-order valence-electron chi connectivity index (χ1n) is 4.42. The SMILES string of the molecule is CC(C)N(CCC(=O)O)C(C)C. The van der Waals surface area contributed by atoms with Gasteiger partial charge >= 0.3 is 5.97 Å². The molecule has 1 N–H and O–H groups in total. The molecule has 0 aliphatic rings. The summed E-state index contributed by atoms with van der Waals surface area (Å²) >= 11 is 0. The molecule has 0 aliphatic carbocycles. The average Bonchev–Trinajstić information content (AvgIpc) is 1.84. The maximum atomic E-state index is 10.3. The summed E-state index contributed by atoms with van der Waals surface area (Å²) in [6.07, 6.45) is 0.232. The van der Waals surface area contributed by atoms with E-state index in [-0.39, 0.29) is 6.42 Å². The fourth-order valence-corrected chi connectivity index (χ4v) is 1.34. The third-order valence-electron chi connectivity index (χ3n) is 1.91. The Bertz CT molecular complexity index is 135. The molecule has 0 saturated carbocycles. The van der Waals surface area contributed by atoms with Gasteiger partial charge in [0, 0.05) is 18.6 Å². The molecule has 3 heteroatoms. The van der Waals surface area contributed by atoms with Crippen LogP contribution in [0.3, 0.4) is 0 Å². The molecule has 0 saturated heterocycles. The molecule has 0 spiro atoms. The van der Waals surface area contributed by atoms with E-state index >= 15 is 0 Å². The summed E-state index contributed by atoms with van der Waals surface area (Å²) in [7, 11) is 0. The van der Waals surface area contributed by atoms with E-state index in [9.17, 15) is 4.79 Å². The van der Waals surface area contributed by atoms with Crippen molar-refractivity contribution in [3.8, 4) is 0 Å². The zero-order chi connectivity index (χ0) is 9.72. The van der Waals surface area contributed by atoms with E-state index in [1.54, 1.807) is 0 Å². The summed E-state index contributed by atoms with van der Waals surface area (Å²) < 4.78 is 0. The van der Waals surface area contributed by atoms with Crippen LogP contribution in [0.25, 0.3) is 0 Å². The molecule has 0 aromatic rings. The zero-order valence-corrected chi connectivity index (χ0v) is 8.37. The van der Waals surface area contributed by atoms with Gasteiger partial charge < -0.3 is 5.11 Å². The van der Waals surface area contributed by atoms with Gasteiger partial charge in [0.1, 0.15) is 0 Å². The maximum Gasteiger partial charge on any atom is 0.304 e. The number of carboxylic acids is 1. The number of hydrogen-bond acceptors (Lipinski definition) is 2. The van der Waals surface area contributed by atoms with Gasteiger partial charge in [-0.2, -0.15) is 0 Å². The van der Waals surface area contributed by atoms with Gasteiger partial charge in [0.05, 0.1) is 6.42 Å². The first kappa shape index (κ1) is 11.4. The molecule has 0 fully saturated rings. The standard InChI is InChI=1S/C9H19NO2/c1-7(2)10(8(3)4)6-5-9(11)12/h7-8H,5-6H2,1-4H3,(H,11,12). The van der Waals surface area contributed by atoms with Crippen LogP contribution in [0.4, 0.5) is 0 Å². The lowest BCUT2D eigenvalue weighted by Crippen LogP contribution is -2.38. The summed E-state index contributed by atoms with van der Waals surface area (Å²) in [5.41, 5.74) is 0. The largest absolute Gasteiger partial charge is 0.481 e. The van der Waals surface area contributed by atoms with E-state index in [2.05, 4.69) is 32.6 Å². The average molecular weight is 173 g/mol. The van der Waals surface area contributed by atoms with Crippen molar-refractivity contribution in [3.63, 3.8) is 0 Å². The van der Waals surface area contributed by atoms with E-state index in [1.165, 1.54) is 0 Å². The van der Waals surface area contributed by atoms with Crippen LogP contribution in [0.2, 0.25) is 0 Å². The van der Waals surface area contributed by atoms with Crippen molar-refractivity contribution in [2.45, 2.75) is 46.2 Å². The molecule has 0 heterocycles. The van der Waals surface area contributed by atoms with Crippen molar-refractivity contribution >= 4 is 5.97 Å². The molecule has 0 radical (unpaired) electrons. The second kappa shape index (κ2) is 5.14. The number of carbonyl (C=O) groups is 1. The third-order valence-corrected chi connectivity index (χ3v) is 1.91. The van der Waals surface area contributed by atoms with Gasteiger partial charge in [0.25, 0.3) is 0 Å². The molecular formula is C9H19NO2. The van der Waals surface area contributed by atoms with Crippen molar-refractivity contribution in [1.82, 2.24) is 4.90 Å². The molecule has 0 atom stereocenters. The van der Waals surface area contributed by atoms with Gasteiger partial charge in [0.15, 0.2) is 0 Å². The number of rotatable bonds is 5. The van der Waals surface area contributed by atoms with Crippen molar-refractivity contribution in [2.75, 3.05) is 6.54 Å². The monoisotopic (exact) mass is 173 g/mol. The highest BCUT2D eigenvalue weighted by Crippen LogP contribution is 2.05. The van der Waals surface area contributed by atoms with Crippen molar-refractivity contribution in [1.29, 1.82) is 0 Å². The summed E-state index contributed by atoms with van der Waals surface area (Å²) in [5.74, 6) is -0.721. The molecular weight excluding hydrogens is 154 g/mol. The highest BCUT2D eigenvalue weighted by atomic mass is 16.4. The Kier molecular flexibility index (Phi) is 4.90. The van der Waals surface area contributed by atoms with Gasteiger partial charge in [-0.1, -0.05) is 0 Å². The van der Waals surface area contributed by atoms with Gasteiger partial charge in [-0.25, -0.2) is 0 Å². The highest BCUT2D eigenvalue weighted by molar-refractivity contribution is 5.66. The van der Waals surface area contributed by atoms with Gasteiger partial charge in [-0.05, 0) is 27.7 Å². The summed E-state index contributed by atoms with van der Waals surface area (Å²) in [6.45, 7) is 8.98. The minimum atomic E-state index is -0.721. The predicted octanol–water partition coefficient (Wildman–Crippen LogP) is 1.58. The molecule has 0 unspecified atom stereocenters. The summed E-state index contributed by atoms with van der Waals surface area (Å²) in [6, 6.07) is 0.841. The normalized spacial score (nSPS) is 11.6. The highest BCUT2D eigenvalue weighted by Gasteiger charge is 2.13. The Balaban J connectivity index is 3.88. The Morgan fingerprint density at radius 1 is 1.25 bits per heavy atom. The minimum Gasteiger partial charge on any atom is -0.481 e. The number of hydrogen-bond donors (Lipinski definition) is 1. The third kappa shape index (κ3) is 4.34. The quantitative estimate of drug-likeness (QED) is 0.686. The maximum absolute atomic E-state index is 10.3. The minimum absolute atomic E-state index is 0.232. The first-order valence-corrected chi connectivity index (χ1v) is 4.42. The van der Waals surface area contributed by atoms with Gasteiger partial charge in [-0.15, -0.1) is 0 Å². The van der Waals surface area contributed by atoms with Gasteiger partial charge in [-0.3, -0.25) is 9.69 Å². The van der Waals surface area contributed by atoms with E-state index in [1.807, 2.05) is 0 Å². The first-order chi connectivity index (χ1) is 5.45. The smallest absolute Gasteiger partial charge is 0.304 e. The van der Waals surface area contributed by atoms with Crippen LogP contribution in [-0.4, -0.2) is 34.6 Å². The Hall–Kier alpha value is -0.570. The van der Waals surface area contributed by atoms with Crippen LogP contribution in [0.5, 0.6) is 0 Å². The van der Waals surface area contributed by atoms with Crippen molar-refractivity contribution in [2.24, 2.45) is 0 Å². The van der Waals surface area contributed by atoms with Crippen LogP contribution in [0.1, 0.15) is 34.1 Å². The van der Waals surface area contributed by atoms with E-state index in [0.29, 0.717) is 18.6 Å². The van der Waals surface area contributed by atoms with Crippen LogP contribution in [0, 0.1) is 0 Å². The lowest BCUT2D eigenvalue weighted by molar-refractivity contribution is -0.137. The molecule has 0 rings (SSSR count). The second-order valence-corrected chi connectivity index (χ2v) is 3.57. The fourth-order valence-electron chi connectivity index (χ4n) is 1.34. The summed E-state index contributed by atoms with van der Waals surface area (Å²) in [4.78, 5) is 12.5. The van der Waals surface area contributed by atoms with Crippen LogP contribution < -0.4 is 0 Å². The molecule has 0 aromatic carbocycles. The molecule has 72 valence electrons. The lowest BCUT2D eigenvalue weighted by atomic mass is 10.2. The number of nitrogens with zero attached hydrogens (tertiary/aromatic N) is 1. The second-order valence-electron chi connectivity index (χ2n) is 3.57. The Labute approximate surface area is 74.4 Å². The lowest BCUT2D eigenvalue weighted by Gasteiger charge is -2.29. The van der Waals surface area contributed by atoms with Crippen LogP contribution >= 0.6 is 0 Å². The van der Waals surface area contributed by atoms with E-state index in [4.69, 9.17) is 5.11 Å². The van der Waals surface area contributed by atoms with E-state index in [0.717, 1.165) is 0 Å². The van der Waals surface area contributed by atoms with Gasteiger partial charge in [0.2, 0.25) is 0 Å².